The van der Waals surface area contributed by atoms with Crippen LogP contribution >= 0.6 is 0 Å². The van der Waals surface area contributed by atoms with Crippen LogP contribution in [-0.4, -0.2) is 60.3 Å². The molecule has 0 unspecified atom stereocenters. The molecule has 1 aromatic heterocycles. The Labute approximate surface area is 204 Å². The molecule has 4 rings (SSSR count). The van der Waals surface area contributed by atoms with Gasteiger partial charge in [-0.25, -0.2) is 4.39 Å². The largest absolute Gasteiger partial charge is 0.497 e. The van der Waals surface area contributed by atoms with Crippen LogP contribution in [0.5, 0.6) is 5.75 Å². The lowest BCUT2D eigenvalue weighted by Gasteiger charge is -2.32. The fraction of sp³-hybridized carbons (Fsp3) is 0.444. The highest BCUT2D eigenvalue weighted by atomic mass is 19.1. The summed E-state index contributed by atoms with van der Waals surface area (Å²) in [6.45, 7) is 4.44. The summed E-state index contributed by atoms with van der Waals surface area (Å²) in [5.74, 6) is 0.0321. The van der Waals surface area contributed by atoms with Crippen molar-refractivity contribution in [3.63, 3.8) is 0 Å². The minimum absolute atomic E-state index is 0.0747. The second-order valence-corrected chi connectivity index (χ2v) is 9.12. The van der Waals surface area contributed by atoms with Gasteiger partial charge in [-0.15, -0.1) is 0 Å². The van der Waals surface area contributed by atoms with E-state index in [-0.39, 0.29) is 17.3 Å². The van der Waals surface area contributed by atoms with Gasteiger partial charge in [0.25, 0.3) is 5.91 Å². The molecule has 1 aliphatic rings. The van der Waals surface area contributed by atoms with Gasteiger partial charge >= 0.3 is 0 Å². The molecular weight excluding hydrogens is 449 g/mol. The molecular formula is C27H32FN3O4. The standard InChI is InChI=1S/C27H32FN3O4/c1-18-21(26(32)5-4-14-34-2)8-9-25-23(18)17-31(29-25)16-19-10-12-30(13-11-19)27(33)22-7-6-20(35-3)15-24(22)28/h6-9,15,17,19H,4-5,10-14,16H2,1-3H3. The van der Waals surface area contributed by atoms with E-state index in [9.17, 15) is 14.0 Å². The van der Waals surface area contributed by atoms with Crippen LogP contribution in [0.15, 0.2) is 36.5 Å². The Kier molecular flexibility index (Phi) is 7.80. The number of rotatable bonds is 9. The SMILES string of the molecule is COCCCC(=O)c1ccc2nn(CC3CCN(C(=O)c4ccc(OC)cc4F)CC3)cc2c1C. The third kappa shape index (κ3) is 5.53. The van der Waals surface area contributed by atoms with Crippen LogP contribution in [-0.2, 0) is 11.3 Å². The van der Waals surface area contributed by atoms with Gasteiger partial charge in [-0.1, -0.05) is 0 Å². The molecule has 1 aliphatic heterocycles. The average molecular weight is 482 g/mol. The molecule has 2 heterocycles. The normalized spacial score (nSPS) is 14.5. The van der Waals surface area contributed by atoms with Crippen molar-refractivity contribution in [3.05, 3.63) is 59.0 Å². The van der Waals surface area contributed by atoms with E-state index in [4.69, 9.17) is 14.6 Å². The number of methoxy groups -OCH3 is 2. The Morgan fingerprint density at radius 2 is 1.86 bits per heavy atom. The zero-order valence-corrected chi connectivity index (χ0v) is 20.6. The number of likely N-dealkylation sites (tertiary alicyclic amines) is 1. The summed E-state index contributed by atoms with van der Waals surface area (Å²) in [7, 11) is 3.10. The maximum absolute atomic E-state index is 14.3. The van der Waals surface area contributed by atoms with Crippen molar-refractivity contribution in [2.24, 2.45) is 5.92 Å². The zero-order valence-electron chi connectivity index (χ0n) is 20.6. The molecule has 0 bridgehead atoms. The molecule has 0 atom stereocenters. The molecule has 7 nitrogen and oxygen atoms in total. The summed E-state index contributed by atoms with van der Waals surface area (Å²) in [4.78, 5) is 27.1. The van der Waals surface area contributed by atoms with Crippen LogP contribution in [0.25, 0.3) is 10.9 Å². The van der Waals surface area contributed by atoms with Crippen molar-refractivity contribution in [3.8, 4) is 5.75 Å². The summed E-state index contributed by atoms with van der Waals surface area (Å²) in [6.07, 6.45) is 4.83. The van der Waals surface area contributed by atoms with Gasteiger partial charge in [-0.05, 0) is 61.9 Å². The van der Waals surface area contributed by atoms with Gasteiger partial charge in [-0.3, -0.25) is 14.3 Å². The van der Waals surface area contributed by atoms with E-state index in [2.05, 4.69) is 0 Å². The third-order valence-corrected chi connectivity index (χ3v) is 6.81. The Morgan fingerprint density at radius 1 is 1.11 bits per heavy atom. The van der Waals surface area contributed by atoms with E-state index in [1.54, 1.807) is 18.1 Å². The van der Waals surface area contributed by atoms with Crippen molar-refractivity contribution < 1.29 is 23.5 Å². The van der Waals surface area contributed by atoms with Crippen LogP contribution in [0, 0.1) is 18.7 Å². The number of benzene rings is 2. The predicted molar refractivity (Wildman–Crippen MR) is 131 cm³/mol. The van der Waals surface area contributed by atoms with Gasteiger partial charge in [0.05, 0.1) is 18.2 Å². The highest BCUT2D eigenvalue weighted by Gasteiger charge is 2.26. The van der Waals surface area contributed by atoms with E-state index in [1.807, 2.05) is 29.9 Å². The number of piperidine rings is 1. The Balaban J connectivity index is 1.38. The van der Waals surface area contributed by atoms with Crippen molar-refractivity contribution >= 4 is 22.6 Å². The molecule has 186 valence electrons. The average Bonchev–Trinajstić information content (AvgIpc) is 3.27. The van der Waals surface area contributed by atoms with Gasteiger partial charge in [0.2, 0.25) is 0 Å². The molecule has 35 heavy (non-hydrogen) atoms. The molecule has 2 aromatic carbocycles. The first-order valence-electron chi connectivity index (χ1n) is 12.0. The van der Waals surface area contributed by atoms with E-state index >= 15 is 0 Å². The molecule has 1 fully saturated rings. The maximum Gasteiger partial charge on any atom is 0.256 e. The fourth-order valence-corrected chi connectivity index (χ4v) is 4.74. The van der Waals surface area contributed by atoms with Crippen molar-refractivity contribution in [2.75, 3.05) is 33.9 Å². The molecule has 1 saturated heterocycles. The number of amides is 1. The molecule has 0 radical (unpaired) electrons. The molecule has 8 heteroatoms. The molecule has 3 aromatic rings. The predicted octanol–water partition coefficient (Wildman–Crippen LogP) is 4.65. The lowest BCUT2D eigenvalue weighted by molar-refractivity contribution is 0.0676. The summed E-state index contributed by atoms with van der Waals surface area (Å²) in [6, 6.07) is 8.10. The van der Waals surface area contributed by atoms with E-state index < -0.39 is 5.82 Å². The first-order valence-corrected chi connectivity index (χ1v) is 12.0. The van der Waals surface area contributed by atoms with Crippen LogP contribution in [0.4, 0.5) is 4.39 Å². The lowest BCUT2D eigenvalue weighted by Crippen LogP contribution is -2.39. The van der Waals surface area contributed by atoms with E-state index in [1.165, 1.54) is 19.2 Å². The van der Waals surface area contributed by atoms with Crippen molar-refractivity contribution in [1.29, 1.82) is 0 Å². The number of hydrogen-bond donors (Lipinski definition) is 0. The topological polar surface area (TPSA) is 73.7 Å². The monoisotopic (exact) mass is 481 g/mol. The number of aromatic nitrogens is 2. The lowest BCUT2D eigenvalue weighted by atomic mass is 9.96. The van der Waals surface area contributed by atoms with Gasteiger partial charge in [0, 0.05) is 63.0 Å². The summed E-state index contributed by atoms with van der Waals surface area (Å²) in [5.41, 5.74) is 2.65. The Morgan fingerprint density at radius 3 is 2.54 bits per heavy atom. The first kappa shape index (κ1) is 24.9. The third-order valence-electron chi connectivity index (χ3n) is 6.81. The summed E-state index contributed by atoms with van der Waals surface area (Å²) < 4.78 is 26.3. The highest BCUT2D eigenvalue weighted by molar-refractivity contribution is 6.01. The molecule has 0 N–H and O–H groups in total. The number of hydrogen-bond acceptors (Lipinski definition) is 5. The fourth-order valence-electron chi connectivity index (χ4n) is 4.74. The van der Waals surface area contributed by atoms with Crippen molar-refractivity contribution in [2.45, 2.75) is 39.2 Å². The second kappa shape index (κ2) is 11.0. The molecule has 0 aliphatic carbocycles. The Bertz CT molecular complexity index is 1210. The first-order chi connectivity index (χ1) is 16.9. The van der Waals surface area contributed by atoms with E-state index in [0.29, 0.717) is 44.2 Å². The number of carbonyl (C=O) groups is 2. The number of fused-ring (bicyclic) bond motifs is 1. The highest BCUT2D eigenvalue weighted by Crippen LogP contribution is 2.26. The number of halogens is 1. The summed E-state index contributed by atoms with van der Waals surface area (Å²) >= 11 is 0. The van der Waals surface area contributed by atoms with Gasteiger partial charge < -0.3 is 14.4 Å². The van der Waals surface area contributed by atoms with E-state index in [0.717, 1.165) is 41.4 Å². The minimum Gasteiger partial charge on any atom is -0.497 e. The minimum atomic E-state index is -0.563. The Hall–Kier alpha value is -3.26. The number of aryl methyl sites for hydroxylation is 1. The maximum atomic E-state index is 14.3. The zero-order chi connectivity index (χ0) is 24.9. The van der Waals surface area contributed by atoms with Gasteiger partial charge in [0.15, 0.2) is 5.78 Å². The number of ketones is 1. The van der Waals surface area contributed by atoms with Crippen LogP contribution in [0.2, 0.25) is 0 Å². The number of Topliss-reactive ketones (excluding diaryl/α,β-unsaturated/α-hetero) is 1. The van der Waals surface area contributed by atoms with Gasteiger partial charge in [-0.2, -0.15) is 5.10 Å². The molecule has 0 spiro atoms. The van der Waals surface area contributed by atoms with Crippen LogP contribution in [0.3, 0.4) is 0 Å². The number of ether oxygens (including phenoxy) is 2. The number of carbonyl (C=O) groups excluding carboxylic acids is 2. The van der Waals surface area contributed by atoms with Crippen molar-refractivity contribution in [1.82, 2.24) is 14.7 Å². The molecule has 0 saturated carbocycles. The van der Waals surface area contributed by atoms with Crippen LogP contribution in [0.1, 0.15) is 52.0 Å². The number of nitrogens with zero attached hydrogens (tertiary/aromatic N) is 3. The van der Waals surface area contributed by atoms with Crippen LogP contribution < -0.4 is 4.74 Å². The van der Waals surface area contributed by atoms with Gasteiger partial charge in [0.1, 0.15) is 11.6 Å². The summed E-state index contributed by atoms with van der Waals surface area (Å²) in [5, 5.41) is 5.71. The quantitative estimate of drug-likeness (QED) is 0.328. The second-order valence-electron chi connectivity index (χ2n) is 9.12. The smallest absolute Gasteiger partial charge is 0.256 e. The molecule has 1 amide bonds.